The van der Waals surface area contributed by atoms with Crippen molar-refractivity contribution in [2.75, 3.05) is 25.5 Å². The third kappa shape index (κ3) is 6.22. The van der Waals surface area contributed by atoms with E-state index in [0.29, 0.717) is 42.6 Å². The van der Waals surface area contributed by atoms with Crippen molar-refractivity contribution >= 4 is 17.1 Å². The van der Waals surface area contributed by atoms with E-state index in [1.54, 1.807) is 24.8 Å². The number of alkyl halides is 3. The van der Waals surface area contributed by atoms with E-state index >= 15 is 0 Å². The van der Waals surface area contributed by atoms with Crippen LogP contribution in [0.15, 0.2) is 24.3 Å². The predicted octanol–water partition coefficient (Wildman–Crippen LogP) is 5.15. The maximum absolute atomic E-state index is 13.4. The number of anilines is 1. The van der Waals surface area contributed by atoms with E-state index in [4.69, 9.17) is 20.1 Å². The monoisotopic (exact) mass is 592 g/mol. The Balaban J connectivity index is 1.53. The number of hydrogen-bond donors (Lipinski definition) is 2. The van der Waals surface area contributed by atoms with Gasteiger partial charge in [0.25, 0.3) is 0 Å². The summed E-state index contributed by atoms with van der Waals surface area (Å²) in [6.07, 6.45) is 4.12. The number of hydrogen-bond acceptors (Lipinski definition) is 10. The number of fused-ring (bicyclic) bond motifs is 1. The molecule has 224 valence electrons. The van der Waals surface area contributed by atoms with Crippen molar-refractivity contribution in [1.29, 1.82) is 10.7 Å². The molecule has 3 aromatic heterocycles. The molecule has 43 heavy (non-hydrogen) atoms. The number of nitrogens with zero attached hydrogens (tertiary/aromatic N) is 8. The average Bonchev–Trinajstić information content (AvgIpc) is 3.72. The second-order valence-corrected chi connectivity index (χ2v) is 10.7. The van der Waals surface area contributed by atoms with Gasteiger partial charge in [0.15, 0.2) is 23.5 Å². The standard InChI is InChI=1S/C29H31F3N10O/c1-16(2)42-13-22(29(30,31)32)39-27(42)19(17(3)34)6-5-10-35-25-20-12-41(14-33)11-9-21(20)38-26(40-25)23-24(18-7-8-18)36-15-37-28(23)43-4/h5,13,15-16,18,34H,7-12H2,1-4H3,(H,35,38,40). The molecule has 14 heteroatoms. The highest BCUT2D eigenvalue weighted by Crippen LogP contribution is 2.45. The Morgan fingerprint density at radius 2 is 2.02 bits per heavy atom. The first kappa shape index (κ1) is 29.7. The van der Waals surface area contributed by atoms with Crippen molar-refractivity contribution in [2.24, 2.45) is 0 Å². The van der Waals surface area contributed by atoms with Crippen LogP contribution < -0.4 is 10.1 Å². The number of imidazole rings is 1. The number of nitrogens with one attached hydrogen (secondary N) is 2. The van der Waals surface area contributed by atoms with Crippen LogP contribution in [0.5, 0.6) is 5.88 Å². The summed E-state index contributed by atoms with van der Waals surface area (Å²) in [7, 11) is 1.53. The summed E-state index contributed by atoms with van der Waals surface area (Å²) in [5, 5.41) is 21.0. The van der Waals surface area contributed by atoms with Crippen LogP contribution >= 0.6 is 0 Å². The maximum atomic E-state index is 13.4. The maximum Gasteiger partial charge on any atom is 0.434 e. The van der Waals surface area contributed by atoms with Gasteiger partial charge in [-0.25, -0.2) is 24.9 Å². The molecule has 11 nitrogen and oxygen atoms in total. The number of rotatable bonds is 9. The largest absolute Gasteiger partial charge is 0.480 e. The first-order valence-electron chi connectivity index (χ1n) is 13.9. The SMILES string of the molecule is COc1ncnc(C2CC2)c1-c1nc2c(c(NCC=C=C(C(C)=N)c3nc(C(F)(F)F)cn3C(C)C)n1)CN(C#N)CC2. The molecular weight excluding hydrogens is 561 g/mol. The predicted molar refractivity (Wildman–Crippen MR) is 152 cm³/mol. The summed E-state index contributed by atoms with van der Waals surface area (Å²) in [5.41, 5.74) is 5.15. The minimum Gasteiger partial charge on any atom is -0.480 e. The highest BCUT2D eigenvalue weighted by molar-refractivity contribution is 6.19. The van der Waals surface area contributed by atoms with E-state index in [1.165, 1.54) is 24.9 Å². The van der Waals surface area contributed by atoms with E-state index in [9.17, 15) is 18.4 Å². The lowest BCUT2D eigenvalue weighted by Crippen LogP contribution is -2.28. The zero-order valence-corrected chi connectivity index (χ0v) is 24.2. The van der Waals surface area contributed by atoms with Gasteiger partial charge >= 0.3 is 6.18 Å². The Bertz CT molecular complexity index is 1660. The molecule has 0 unspecified atom stereocenters. The molecular formula is C29H31F3N10O. The van der Waals surface area contributed by atoms with Gasteiger partial charge in [0, 0.05) is 48.9 Å². The number of ether oxygens (including phenoxy) is 1. The van der Waals surface area contributed by atoms with Crippen molar-refractivity contribution in [1.82, 2.24) is 34.4 Å². The Kier molecular flexibility index (Phi) is 8.19. The normalized spacial score (nSPS) is 14.5. The molecule has 1 aliphatic carbocycles. The average molecular weight is 593 g/mol. The van der Waals surface area contributed by atoms with Crippen LogP contribution in [-0.2, 0) is 19.1 Å². The second kappa shape index (κ2) is 11.9. The third-order valence-corrected chi connectivity index (χ3v) is 7.22. The van der Waals surface area contributed by atoms with Gasteiger partial charge in [-0.1, -0.05) is 0 Å². The Morgan fingerprint density at radius 3 is 2.65 bits per heavy atom. The molecule has 0 spiro atoms. The summed E-state index contributed by atoms with van der Waals surface area (Å²) < 4.78 is 47.3. The third-order valence-electron chi connectivity index (χ3n) is 7.22. The first-order chi connectivity index (χ1) is 20.5. The summed E-state index contributed by atoms with van der Waals surface area (Å²) in [6.45, 7) is 5.99. The van der Waals surface area contributed by atoms with Gasteiger partial charge in [-0.3, -0.25) is 0 Å². The molecule has 0 saturated heterocycles. The molecule has 1 aliphatic heterocycles. The van der Waals surface area contributed by atoms with Gasteiger partial charge in [0.2, 0.25) is 5.88 Å². The fraction of sp³-hybridized carbons (Fsp3) is 0.448. The van der Waals surface area contributed by atoms with E-state index in [1.807, 2.05) is 0 Å². The first-order valence-corrected chi connectivity index (χ1v) is 13.9. The molecule has 0 radical (unpaired) electrons. The number of methoxy groups -OCH3 is 1. The van der Waals surface area contributed by atoms with E-state index < -0.39 is 11.9 Å². The quantitative estimate of drug-likeness (QED) is 0.196. The minimum absolute atomic E-state index is 0.0150. The van der Waals surface area contributed by atoms with Crippen LogP contribution in [0.3, 0.4) is 0 Å². The smallest absolute Gasteiger partial charge is 0.434 e. The van der Waals surface area contributed by atoms with E-state index in [-0.39, 0.29) is 35.6 Å². The minimum atomic E-state index is -4.62. The number of halogens is 3. The lowest BCUT2D eigenvalue weighted by Gasteiger charge is -2.26. The van der Waals surface area contributed by atoms with Crippen molar-refractivity contribution in [3.8, 4) is 23.5 Å². The molecule has 1 fully saturated rings. The highest BCUT2D eigenvalue weighted by Gasteiger charge is 2.36. The molecule has 0 aromatic carbocycles. The molecule has 3 aromatic rings. The zero-order valence-electron chi connectivity index (χ0n) is 24.2. The Morgan fingerprint density at radius 1 is 1.26 bits per heavy atom. The fourth-order valence-corrected chi connectivity index (χ4v) is 4.92. The van der Waals surface area contributed by atoms with Crippen LogP contribution in [-0.4, -0.2) is 60.3 Å². The zero-order chi connectivity index (χ0) is 30.9. The second-order valence-electron chi connectivity index (χ2n) is 10.7. The lowest BCUT2D eigenvalue weighted by molar-refractivity contribution is -0.141. The van der Waals surface area contributed by atoms with Crippen molar-refractivity contribution < 1.29 is 17.9 Å². The van der Waals surface area contributed by atoms with Crippen LogP contribution in [0.2, 0.25) is 0 Å². The van der Waals surface area contributed by atoms with E-state index in [0.717, 1.165) is 36.0 Å². The molecule has 2 N–H and O–H groups in total. The molecule has 0 amide bonds. The van der Waals surface area contributed by atoms with Crippen LogP contribution in [0.25, 0.3) is 17.0 Å². The summed E-state index contributed by atoms with van der Waals surface area (Å²) in [4.78, 5) is 23.9. The number of aromatic nitrogens is 6. The molecule has 0 bridgehead atoms. The van der Waals surface area contributed by atoms with Crippen LogP contribution in [0.4, 0.5) is 19.0 Å². The van der Waals surface area contributed by atoms with Crippen molar-refractivity contribution in [3.63, 3.8) is 0 Å². The van der Waals surface area contributed by atoms with Crippen molar-refractivity contribution in [3.05, 3.63) is 52.8 Å². The van der Waals surface area contributed by atoms with Crippen molar-refractivity contribution in [2.45, 2.75) is 64.7 Å². The fourth-order valence-electron chi connectivity index (χ4n) is 4.92. The van der Waals surface area contributed by atoms with Gasteiger partial charge in [-0.2, -0.15) is 18.4 Å². The summed E-state index contributed by atoms with van der Waals surface area (Å²) >= 11 is 0. The van der Waals surface area contributed by atoms with Gasteiger partial charge in [0.05, 0.1) is 30.6 Å². The van der Waals surface area contributed by atoms with E-state index in [2.05, 4.69) is 32.2 Å². The van der Waals surface area contributed by atoms with Gasteiger partial charge in [-0.05, 0) is 39.7 Å². The van der Waals surface area contributed by atoms with Gasteiger partial charge < -0.3 is 24.9 Å². The van der Waals surface area contributed by atoms with Gasteiger partial charge in [-0.15, -0.1) is 5.73 Å². The summed E-state index contributed by atoms with van der Waals surface area (Å²) in [6, 6.07) is -0.318. The van der Waals surface area contributed by atoms with Gasteiger partial charge in [0.1, 0.15) is 17.7 Å². The highest BCUT2D eigenvalue weighted by atomic mass is 19.4. The molecule has 4 heterocycles. The molecule has 5 rings (SSSR count). The van der Waals surface area contributed by atoms with Crippen LogP contribution in [0.1, 0.15) is 74.0 Å². The number of nitriles is 1. The Labute approximate surface area is 246 Å². The Hall–Kier alpha value is -4.76. The van der Waals surface area contributed by atoms with Crippen LogP contribution in [0, 0.1) is 16.9 Å². The topological polar surface area (TPSA) is 142 Å². The molecule has 2 aliphatic rings. The molecule has 1 saturated carbocycles. The molecule has 0 atom stereocenters. The lowest BCUT2D eigenvalue weighted by atomic mass is 10.0. The summed E-state index contributed by atoms with van der Waals surface area (Å²) in [5.74, 6) is 1.59.